The van der Waals surface area contributed by atoms with Crippen molar-refractivity contribution in [3.05, 3.63) is 33.3 Å². The van der Waals surface area contributed by atoms with Gasteiger partial charge in [-0.25, -0.2) is 0 Å². The summed E-state index contributed by atoms with van der Waals surface area (Å²) >= 11 is 12.7. The Morgan fingerprint density at radius 2 is 2.20 bits per heavy atom. The van der Waals surface area contributed by atoms with Crippen LogP contribution in [0.15, 0.2) is 12.1 Å². The molecule has 1 aromatic carbocycles. The summed E-state index contributed by atoms with van der Waals surface area (Å²) in [5.74, 6) is 0. The standard InChI is InChI=1S/C16H21Cl2NO/c1-2-3-4-5-11-6-12(7-14(17)15(11)18)16-8-13(9-20-16)19-10-16/h6-7,13,19H,2-5,8-10H2,1H3. The summed E-state index contributed by atoms with van der Waals surface area (Å²) < 4.78 is 6.04. The number of hydrogen-bond donors (Lipinski definition) is 1. The fourth-order valence-electron chi connectivity index (χ4n) is 3.30. The van der Waals surface area contributed by atoms with E-state index in [0.717, 1.165) is 38.0 Å². The fourth-order valence-corrected chi connectivity index (χ4v) is 3.74. The quantitative estimate of drug-likeness (QED) is 0.818. The van der Waals surface area contributed by atoms with Crippen LogP contribution >= 0.6 is 23.2 Å². The molecule has 3 rings (SSSR count). The molecule has 2 aliphatic rings. The molecule has 2 aliphatic heterocycles. The molecule has 0 aliphatic carbocycles. The average Bonchev–Trinajstić information content (AvgIpc) is 3.05. The molecule has 1 N–H and O–H groups in total. The van der Waals surface area contributed by atoms with Crippen LogP contribution in [0.1, 0.15) is 43.7 Å². The molecule has 2 nitrogen and oxygen atoms in total. The SMILES string of the molecule is CCCCCc1cc(C23CNC(CO2)C3)cc(Cl)c1Cl. The lowest BCUT2D eigenvalue weighted by Crippen LogP contribution is -2.37. The third kappa shape index (κ3) is 2.59. The lowest BCUT2D eigenvalue weighted by atomic mass is 9.90. The van der Waals surface area contributed by atoms with E-state index in [1.54, 1.807) is 0 Å². The van der Waals surface area contributed by atoms with Gasteiger partial charge in [-0.2, -0.15) is 0 Å². The van der Waals surface area contributed by atoms with Crippen LogP contribution in [0.4, 0.5) is 0 Å². The maximum atomic E-state index is 6.36. The number of halogens is 2. The summed E-state index contributed by atoms with van der Waals surface area (Å²) in [6, 6.07) is 4.69. The van der Waals surface area contributed by atoms with Gasteiger partial charge in [0.15, 0.2) is 0 Å². The van der Waals surface area contributed by atoms with E-state index in [2.05, 4.69) is 18.3 Å². The third-order valence-corrected chi connectivity index (χ3v) is 5.33. The first kappa shape index (κ1) is 14.6. The lowest BCUT2D eigenvalue weighted by Gasteiger charge is -2.28. The zero-order valence-electron chi connectivity index (χ0n) is 11.8. The summed E-state index contributed by atoms with van der Waals surface area (Å²) in [5.41, 5.74) is 2.17. The molecule has 110 valence electrons. The predicted octanol–water partition coefficient (Wildman–Crippen LogP) is 4.31. The van der Waals surface area contributed by atoms with Gasteiger partial charge in [0.2, 0.25) is 0 Å². The second-order valence-electron chi connectivity index (χ2n) is 5.98. The van der Waals surface area contributed by atoms with Gasteiger partial charge in [0, 0.05) is 12.6 Å². The molecule has 1 aromatic rings. The van der Waals surface area contributed by atoms with E-state index in [1.165, 1.54) is 18.4 Å². The Labute approximate surface area is 130 Å². The highest BCUT2D eigenvalue weighted by Crippen LogP contribution is 2.43. The number of rotatable bonds is 5. The maximum Gasteiger partial charge on any atom is 0.107 e. The highest BCUT2D eigenvalue weighted by molar-refractivity contribution is 6.42. The van der Waals surface area contributed by atoms with Crippen molar-refractivity contribution in [2.75, 3.05) is 13.2 Å². The van der Waals surface area contributed by atoms with Gasteiger partial charge in [-0.15, -0.1) is 0 Å². The molecule has 20 heavy (non-hydrogen) atoms. The summed E-state index contributed by atoms with van der Waals surface area (Å²) in [6.45, 7) is 3.89. The van der Waals surface area contributed by atoms with Crippen molar-refractivity contribution < 1.29 is 4.74 Å². The van der Waals surface area contributed by atoms with E-state index in [-0.39, 0.29) is 5.60 Å². The van der Waals surface area contributed by atoms with Crippen molar-refractivity contribution in [3.8, 4) is 0 Å². The molecular weight excluding hydrogens is 293 g/mol. The van der Waals surface area contributed by atoms with Gasteiger partial charge in [0.25, 0.3) is 0 Å². The van der Waals surface area contributed by atoms with Crippen LogP contribution in [0.3, 0.4) is 0 Å². The van der Waals surface area contributed by atoms with Crippen molar-refractivity contribution in [3.63, 3.8) is 0 Å². The van der Waals surface area contributed by atoms with Crippen LogP contribution in [0.2, 0.25) is 10.0 Å². The summed E-state index contributed by atoms with van der Waals surface area (Å²) in [5, 5.41) is 4.87. The predicted molar refractivity (Wildman–Crippen MR) is 83.7 cm³/mol. The van der Waals surface area contributed by atoms with E-state index in [9.17, 15) is 0 Å². The summed E-state index contributed by atoms with van der Waals surface area (Å²) in [6.07, 6.45) is 5.63. The number of hydrogen-bond acceptors (Lipinski definition) is 2. The van der Waals surface area contributed by atoms with Gasteiger partial charge in [-0.1, -0.05) is 49.0 Å². The molecule has 0 aromatic heterocycles. The minimum atomic E-state index is -0.182. The van der Waals surface area contributed by atoms with Gasteiger partial charge < -0.3 is 10.1 Å². The first-order valence-electron chi connectivity index (χ1n) is 7.50. The number of fused-ring (bicyclic) bond motifs is 2. The van der Waals surface area contributed by atoms with Crippen LogP contribution in [0, 0.1) is 0 Å². The molecule has 2 bridgehead atoms. The smallest absolute Gasteiger partial charge is 0.107 e. The summed E-state index contributed by atoms with van der Waals surface area (Å²) in [4.78, 5) is 0. The Hall–Kier alpha value is -0.280. The van der Waals surface area contributed by atoms with E-state index >= 15 is 0 Å². The van der Waals surface area contributed by atoms with Crippen LogP contribution in [-0.2, 0) is 16.8 Å². The zero-order valence-corrected chi connectivity index (χ0v) is 13.4. The highest BCUT2D eigenvalue weighted by atomic mass is 35.5. The molecule has 4 heteroatoms. The average molecular weight is 314 g/mol. The van der Waals surface area contributed by atoms with E-state index < -0.39 is 0 Å². The topological polar surface area (TPSA) is 21.3 Å². The molecule has 0 amide bonds. The molecule has 0 saturated carbocycles. The Morgan fingerprint density at radius 1 is 1.35 bits per heavy atom. The summed E-state index contributed by atoms with van der Waals surface area (Å²) in [7, 11) is 0. The number of ether oxygens (including phenoxy) is 1. The van der Waals surface area contributed by atoms with E-state index in [1.807, 2.05) is 6.07 Å². The number of nitrogens with one attached hydrogen (secondary N) is 1. The van der Waals surface area contributed by atoms with Gasteiger partial charge in [-0.05, 0) is 36.5 Å². The minimum Gasteiger partial charge on any atom is -0.367 e. The maximum absolute atomic E-state index is 6.36. The van der Waals surface area contributed by atoms with Crippen LogP contribution < -0.4 is 5.32 Å². The molecule has 0 spiro atoms. The van der Waals surface area contributed by atoms with Gasteiger partial charge in [0.05, 0.1) is 16.7 Å². The molecule has 2 atom stereocenters. The van der Waals surface area contributed by atoms with Crippen molar-refractivity contribution in [2.45, 2.75) is 50.7 Å². The van der Waals surface area contributed by atoms with E-state index in [0.29, 0.717) is 16.1 Å². The van der Waals surface area contributed by atoms with E-state index in [4.69, 9.17) is 27.9 Å². The first-order valence-corrected chi connectivity index (χ1v) is 8.26. The molecule has 2 fully saturated rings. The second-order valence-corrected chi connectivity index (χ2v) is 6.76. The van der Waals surface area contributed by atoms with Crippen LogP contribution in [0.5, 0.6) is 0 Å². The van der Waals surface area contributed by atoms with Gasteiger partial charge in [-0.3, -0.25) is 0 Å². The Morgan fingerprint density at radius 3 is 2.80 bits per heavy atom. The number of aryl methyl sites for hydroxylation is 1. The molecule has 2 saturated heterocycles. The lowest BCUT2D eigenvalue weighted by molar-refractivity contribution is -0.00962. The fraction of sp³-hybridized carbons (Fsp3) is 0.625. The molecular formula is C16H21Cl2NO. The Balaban J connectivity index is 1.88. The highest BCUT2D eigenvalue weighted by Gasteiger charge is 2.47. The first-order chi connectivity index (χ1) is 9.64. The molecule has 0 radical (unpaired) electrons. The van der Waals surface area contributed by atoms with Crippen LogP contribution in [0.25, 0.3) is 0 Å². The number of unbranched alkanes of at least 4 members (excludes halogenated alkanes) is 2. The van der Waals surface area contributed by atoms with Crippen molar-refractivity contribution >= 4 is 23.2 Å². The Kier molecular flexibility index (Phi) is 4.28. The third-order valence-electron chi connectivity index (χ3n) is 4.49. The van der Waals surface area contributed by atoms with Crippen LogP contribution in [-0.4, -0.2) is 19.2 Å². The van der Waals surface area contributed by atoms with Crippen molar-refractivity contribution in [1.82, 2.24) is 5.32 Å². The van der Waals surface area contributed by atoms with Crippen molar-refractivity contribution in [1.29, 1.82) is 0 Å². The zero-order chi connectivity index (χ0) is 14.2. The molecule has 2 unspecified atom stereocenters. The normalized spacial score (nSPS) is 28.2. The largest absolute Gasteiger partial charge is 0.367 e. The minimum absolute atomic E-state index is 0.182. The monoisotopic (exact) mass is 313 g/mol. The van der Waals surface area contributed by atoms with Crippen molar-refractivity contribution in [2.24, 2.45) is 0 Å². The second kappa shape index (κ2) is 5.84. The van der Waals surface area contributed by atoms with Gasteiger partial charge in [0.1, 0.15) is 5.60 Å². The molecule has 2 heterocycles. The number of morpholine rings is 1. The Bertz CT molecular complexity index is 495. The number of benzene rings is 1. The van der Waals surface area contributed by atoms with Gasteiger partial charge >= 0.3 is 0 Å².